The Balaban J connectivity index is 1.67. The first kappa shape index (κ1) is 17.8. The van der Waals surface area contributed by atoms with Crippen LogP contribution in [0.5, 0.6) is 0 Å². The summed E-state index contributed by atoms with van der Waals surface area (Å²) >= 11 is 6.17. The molecular formula is C20H24ClN3O. The van der Waals surface area contributed by atoms with Gasteiger partial charge in [-0.05, 0) is 43.6 Å². The zero-order chi connectivity index (χ0) is 17.5. The second-order valence-corrected chi connectivity index (χ2v) is 6.77. The molecular weight excluding hydrogens is 334 g/mol. The Bertz CT molecular complexity index is 686. The summed E-state index contributed by atoms with van der Waals surface area (Å²) in [7, 11) is 0. The molecule has 4 nitrogen and oxygen atoms in total. The summed E-state index contributed by atoms with van der Waals surface area (Å²) in [6, 6.07) is 17.3. The van der Waals surface area contributed by atoms with E-state index in [4.69, 9.17) is 11.6 Å². The molecule has 2 aromatic rings. The van der Waals surface area contributed by atoms with Crippen molar-refractivity contribution in [1.82, 2.24) is 9.80 Å². The highest BCUT2D eigenvalue weighted by Gasteiger charge is 2.18. The maximum atomic E-state index is 12.8. The quantitative estimate of drug-likeness (QED) is 0.827. The van der Waals surface area contributed by atoms with Crippen LogP contribution in [0.1, 0.15) is 18.4 Å². The average molecular weight is 358 g/mol. The molecule has 1 aliphatic heterocycles. The molecule has 2 amide bonds. The number of urea groups is 1. The molecule has 0 bridgehead atoms. The van der Waals surface area contributed by atoms with Gasteiger partial charge in [-0.2, -0.15) is 0 Å². The molecule has 0 spiro atoms. The number of rotatable bonds is 6. The topological polar surface area (TPSA) is 35.6 Å². The standard InChI is InChI=1S/C20H24ClN3O/c21-18-10-4-5-11-19(18)22-20(25)24(15-14-23-12-6-7-13-23)16-17-8-2-1-3-9-17/h1-5,8-11H,6-7,12-16H2,(H,22,25). The van der Waals surface area contributed by atoms with E-state index in [1.54, 1.807) is 6.07 Å². The second-order valence-electron chi connectivity index (χ2n) is 6.37. The first-order valence-corrected chi connectivity index (χ1v) is 9.17. The molecule has 1 fully saturated rings. The third-order valence-corrected chi connectivity index (χ3v) is 4.83. The van der Waals surface area contributed by atoms with E-state index in [0.29, 0.717) is 23.8 Å². The number of hydrogen-bond acceptors (Lipinski definition) is 2. The smallest absolute Gasteiger partial charge is 0.319 e. The first-order chi connectivity index (χ1) is 12.2. The number of amides is 2. The van der Waals surface area contributed by atoms with Gasteiger partial charge < -0.3 is 15.1 Å². The molecule has 3 rings (SSSR count). The van der Waals surface area contributed by atoms with Crippen LogP contribution in [0, 0.1) is 0 Å². The SMILES string of the molecule is O=C(Nc1ccccc1Cl)N(CCN1CCCC1)Cc1ccccc1. The van der Waals surface area contributed by atoms with Gasteiger partial charge >= 0.3 is 6.03 Å². The zero-order valence-electron chi connectivity index (χ0n) is 14.3. The van der Waals surface area contributed by atoms with Crippen LogP contribution in [0.4, 0.5) is 10.5 Å². The van der Waals surface area contributed by atoms with Crippen molar-refractivity contribution < 1.29 is 4.79 Å². The fourth-order valence-corrected chi connectivity index (χ4v) is 3.26. The van der Waals surface area contributed by atoms with Crippen molar-refractivity contribution in [3.8, 4) is 0 Å². The number of carbonyl (C=O) groups is 1. The molecule has 132 valence electrons. The van der Waals surface area contributed by atoms with Crippen LogP contribution in [0.2, 0.25) is 5.02 Å². The Labute approximate surface area is 154 Å². The van der Waals surface area contributed by atoms with E-state index in [-0.39, 0.29) is 6.03 Å². The number of benzene rings is 2. The van der Waals surface area contributed by atoms with E-state index in [1.165, 1.54) is 12.8 Å². The summed E-state index contributed by atoms with van der Waals surface area (Å²) in [4.78, 5) is 17.1. The zero-order valence-corrected chi connectivity index (χ0v) is 15.1. The lowest BCUT2D eigenvalue weighted by molar-refractivity contribution is 0.198. The summed E-state index contributed by atoms with van der Waals surface area (Å²) in [5.41, 5.74) is 1.77. The van der Waals surface area contributed by atoms with Crippen LogP contribution in [-0.4, -0.2) is 42.0 Å². The maximum Gasteiger partial charge on any atom is 0.322 e. The van der Waals surface area contributed by atoms with Gasteiger partial charge in [0.05, 0.1) is 10.7 Å². The number of carbonyl (C=O) groups excluding carboxylic acids is 1. The van der Waals surface area contributed by atoms with Crippen LogP contribution in [0.3, 0.4) is 0 Å². The van der Waals surface area contributed by atoms with Crippen LogP contribution in [0.15, 0.2) is 54.6 Å². The van der Waals surface area contributed by atoms with E-state index in [1.807, 2.05) is 53.4 Å². The van der Waals surface area contributed by atoms with Crippen molar-refractivity contribution in [3.63, 3.8) is 0 Å². The first-order valence-electron chi connectivity index (χ1n) is 8.79. The monoisotopic (exact) mass is 357 g/mol. The van der Waals surface area contributed by atoms with Crippen LogP contribution in [-0.2, 0) is 6.54 Å². The van der Waals surface area contributed by atoms with Gasteiger partial charge in [0.25, 0.3) is 0 Å². The summed E-state index contributed by atoms with van der Waals surface area (Å²) in [5, 5.41) is 3.49. The van der Waals surface area contributed by atoms with E-state index in [2.05, 4.69) is 10.2 Å². The number of anilines is 1. The number of halogens is 1. The minimum atomic E-state index is -0.115. The lowest BCUT2D eigenvalue weighted by Gasteiger charge is -2.26. The van der Waals surface area contributed by atoms with Crippen molar-refractivity contribution >= 4 is 23.3 Å². The number of nitrogens with zero attached hydrogens (tertiary/aromatic N) is 2. The highest BCUT2D eigenvalue weighted by Crippen LogP contribution is 2.21. The molecule has 0 atom stereocenters. The van der Waals surface area contributed by atoms with E-state index >= 15 is 0 Å². The molecule has 25 heavy (non-hydrogen) atoms. The van der Waals surface area contributed by atoms with E-state index in [0.717, 1.165) is 25.2 Å². The van der Waals surface area contributed by atoms with Gasteiger partial charge in [-0.25, -0.2) is 4.79 Å². The minimum Gasteiger partial charge on any atom is -0.319 e. The number of nitrogens with one attached hydrogen (secondary N) is 1. The molecule has 0 aliphatic carbocycles. The van der Waals surface area contributed by atoms with Crippen LogP contribution in [0.25, 0.3) is 0 Å². The van der Waals surface area contributed by atoms with Crippen LogP contribution >= 0.6 is 11.6 Å². The molecule has 1 aliphatic rings. The Morgan fingerprint density at radius 2 is 1.72 bits per heavy atom. The number of likely N-dealkylation sites (tertiary alicyclic amines) is 1. The van der Waals surface area contributed by atoms with E-state index < -0.39 is 0 Å². The van der Waals surface area contributed by atoms with Gasteiger partial charge in [0.15, 0.2) is 0 Å². The van der Waals surface area contributed by atoms with Gasteiger partial charge in [0.1, 0.15) is 0 Å². The van der Waals surface area contributed by atoms with Crippen molar-refractivity contribution in [2.45, 2.75) is 19.4 Å². The number of para-hydroxylation sites is 1. The normalized spacial score (nSPS) is 14.4. The van der Waals surface area contributed by atoms with Gasteiger partial charge in [-0.3, -0.25) is 0 Å². The highest BCUT2D eigenvalue weighted by molar-refractivity contribution is 6.33. The molecule has 1 saturated heterocycles. The van der Waals surface area contributed by atoms with Gasteiger partial charge in [0.2, 0.25) is 0 Å². The molecule has 1 heterocycles. The fraction of sp³-hybridized carbons (Fsp3) is 0.350. The molecule has 2 aromatic carbocycles. The Hall–Kier alpha value is -2.04. The van der Waals surface area contributed by atoms with Crippen molar-refractivity contribution in [3.05, 3.63) is 65.2 Å². The Kier molecular flexibility index (Phi) is 6.31. The van der Waals surface area contributed by atoms with Gasteiger partial charge in [0, 0.05) is 19.6 Å². The van der Waals surface area contributed by atoms with Crippen molar-refractivity contribution in [2.24, 2.45) is 0 Å². The molecule has 1 N–H and O–H groups in total. The summed E-state index contributed by atoms with van der Waals surface area (Å²) in [5.74, 6) is 0. The molecule has 0 radical (unpaired) electrons. The largest absolute Gasteiger partial charge is 0.322 e. The fourth-order valence-electron chi connectivity index (χ4n) is 3.08. The lowest BCUT2D eigenvalue weighted by Crippen LogP contribution is -2.40. The lowest BCUT2D eigenvalue weighted by atomic mass is 10.2. The van der Waals surface area contributed by atoms with Crippen LogP contribution < -0.4 is 5.32 Å². The van der Waals surface area contributed by atoms with E-state index in [9.17, 15) is 4.79 Å². The number of hydrogen-bond donors (Lipinski definition) is 1. The summed E-state index contributed by atoms with van der Waals surface area (Å²) < 4.78 is 0. The Morgan fingerprint density at radius 1 is 1.04 bits per heavy atom. The van der Waals surface area contributed by atoms with Gasteiger partial charge in [-0.15, -0.1) is 0 Å². The molecule has 0 aromatic heterocycles. The Morgan fingerprint density at radius 3 is 2.44 bits per heavy atom. The summed E-state index contributed by atoms with van der Waals surface area (Å²) in [6.45, 7) is 4.45. The van der Waals surface area contributed by atoms with Crippen molar-refractivity contribution in [2.75, 3.05) is 31.5 Å². The van der Waals surface area contributed by atoms with Gasteiger partial charge in [-0.1, -0.05) is 54.1 Å². The molecule has 0 saturated carbocycles. The highest BCUT2D eigenvalue weighted by atomic mass is 35.5. The van der Waals surface area contributed by atoms with Crippen molar-refractivity contribution in [1.29, 1.82) is 0 Å². The molecule has 5 heteroatoms. The predicted octanol–water partition coefficient (Wildman–Crippen LogP) is 4.47. The second kappa shape index (κ2) is 8.88. The predicted molar refractivity (Wildman–Crippen MR) is 103 cm³/mol. The molecule has 0 unspecified atom stereocenters. The third kappa shape index (κ3) is 5.21. The minimum absolute atomic E-state index is 0.115. The maximum absolute atomic E-state index is 12.8. The average Bonchev–Trinajstić information content (AvgIpc) is 3.15. The third-order valence-electron chi connectivity index (χ3n) is 4.50. The summed E-state index contributed by atoms with van der Waals surface area (Å²) in [6.07, 6.45) is 2.51.